The van der Waals surface area contributed by atoms with Gasteiger partial charge in [-0.15, -0.1) is 0 Å². The number of rotatable bonds is 9. The van der Waals surface area contributed by atoms with Crippen molar-refractivity contribution in [1.29, 1.82) is 0 Å². The van der Waals surface area contributed by atoms with Gasteiger partial charge in [0.05, 0.1) is 13.2 Å². The molecule has 0 spiro atoms. The molecule has 1 aliphatic rings. The lowest BCUT2D eigenvalue weighted by Crippen LogP contribution is -2.20. The van der Waals surface area contributed by atoms with E-state index >= 15 is 0 Å². The molecule has 1 fully saturated rings. The summed E-state index contributed by atoms with van der Waals surface area (Å²) in [5, 5.41) is 18.9. The standard InChI is InChI=1S/C18H28O5/c1-3-5-6-13(4-2)10-21-11-15-12-22-18(23-15)14-7-8-16(19)17(20)9-14/h7-9,13,15,18-20H,3-6,10-12H2,1-2H3. The van der Waals surface area contributed by atoms with Gasteiger partial charge in [-0.3, -0.25) is 0 Å². The van der Waals surface area contributed by atoms with Crippen LogP contribution in [0.5, 0.6) is 11.5 Å². The Hall–Kier alpha value is -1.30. The molecule has 2 rings (SSSR count). The van der Waals surface area contributed by atoms with Crippen LogP contribution in [-0.4, -0.2) is 36.1 Å². The summed E-state index contributed by atoms with van der Waals surface area (Å²) in [7, 11) is 0. The third-order valence-electron chi connectivity index (χ3n) is 4.22. The maximum Gasteiger partial charge on any atom is 0.184 e. The van der Waals surface area contributed by atoms with Crippen LogP contribution in [0.1, 0.15) is 51.4 Å². The van der Waals surface area contributed by atoms with Gasteiger partial charge in [-0.05, 0) is 24.5 Å². The Morgan fingerprint density at radius 1 is 1.26 bits per heavy atom. The third kappa shape index (κ3) is 5.37. The van der Waals surface area contributed by atoms with Crippen LogP contribution in [0.4, 0.5) is 0 Å². The molecule has 3 atom stereocenters. The first-order chi connectivity index (χ1) is 11.1. The second-order valence-corrected chi connectivity index (χ2v) is 6.13. The molecule has 1 heterocycles. The van der Waals surface area contributed by atoms with Crippen molar-refractivity contribution in [2.45, 2.75) is 51.9 Å². The molecule has 1 aliphatic heterocycles. The maximum atomic E-state index is 9.54. The van der Waals surface area contributed by atoms with E-state index in [1.54, 1.807) is 6.07 Å². The number of hydrogen-bond donors (Lipinski definition) is 2. The number of aromatic hydroxyl groups is 2. The minimum Gasteiger partial charge on any atom is -0.504 e. The van der Waals surface area contributed by atoms with Crippen molar-refractivity contribution < 1.29 is 24.4 Å². The summed E-state index contributed by atoms with van der Waals surface area (Å²) >= 11 is 0. The van der Waals surface area contributed by atoms with Gasteiger partial charge in [0.15, 0.2) is 17.8 Å². The molecule has 0 bridgehead atoms. The average molecular weight is 324 g/mol. The second-order valence-electron chi connectivity index (χ2n) is 6.13. The molecule has 0 radical (unpaired) electrons. The van der Waals surface area contributed by atoms with Crippen molar-refractivity contribution in [3.8, 4) is 11.5 Å². The van der Waals surface area contributed by atoms with Gasteiger partial charge in [-0.1, -0.05) is 39.2 Å². The topological polar surface area (TPSA) is 68.2 Å². The lowest BCUT2D eigenvalue weighted by Gasteiger charge is -2.16. The average Bonchev–Trinajstić information content (AvgIpc) is 3.02. The van der Waals surface area contributed by atoms with Gasteiger partial charge in [0.1, 0.15) is 6.10 Å². The van der Waals surface area contributed by atoms with Crippen LogP contribution in [0.25, 0.3) is 0 Å². The summed E-state index contributed by atoms with van der Waals surface area (Å²) in [5.41, 5.74) is 0.692. The highest BCUT2D eigenvalue weighted by Crippen LogP contribution is 2.33. The van der Waals surface area contributed by atoms with E-state index in [1.807, 2.05) is 0 Å². The summed E-state index contributed by atoms with van der Waals surface area (Å²) in [4.78, 5) is 0. The van der Waals surface area contributed by atoms with E-state index < -0.39 is 6.29 Å². The molecule has 3 unspecified atom stereocenters. The quantitative estimate of drug-likeness (QED) is 0.677. The molecule has 1 aromatic carbocycles. The minimum atomic E-state index is -0.517. The fourth-order valence-corrected chi connectivity index (χ4v) is 2.66. The van der Waals surface area contributed by atoms with E-state index in [9.17, 15) is 10.2 Å². The zero-order valence-corrected chi connectivity index (χ0v) is 14.0. The molecule has 2 N–H and O–H groups in total. The van der Waals surface area contributed by atoms with Gasteiger partial charge in [0.25, 0.3) is 0 Å². The van der Waals surface area contributed by atoms with Crippen molar-refractivity contribution in [2.75, 3.05) is 19.8 Å². The fourth-order valence-electron chi connectivity index (χ4n) is 2.66. The highest BCUT2D eigenvalue weighted by molar-refractivity contribution is 5.40. The van der Waals surface area contributed by atoms with Crippen LogP contribution in [0, 0.1) is 5.92 Å². The summed E-state index contributed by atoms with van der Waals surface area (Å²) in [5.74, 6) is 0.294. The van der Waals surface area contributed by atoms with E-state index in [0.717, 1.165) is 13.0 Å². The monoisotopic (exact) mass is 324 g/mol. The maximum absolute atomic E-state index is 9.54. The van der Waals surface area contributed by atoms with Crippen LogP contribution in [0.15, 0.2) is 18.2 Å². The fraction of sp³-hybridized carbons (Fsp3) is 0.667. The SMILES string of the molecule is CCCCC(CC)COCC1COC(c2ccc(O)c(O)c2)O1. The molecule has 5 nitrogen and oxygen atoms in total. The molecular formula is C18H28O5. The third-order valence-corrected chi connectivity index (χ3v) is 4.22. The molecule has 23 heavy (non-hydrogen) atoms. The second kappa shape index (κ2) is 9.11. The van der Waals surface area contributed by atoms with Crippen molar-refractivity contribution in [2.24, 2.45) is 5.92 Å². The number of benzene rings is 1. The van der Waals surface area contributed by atoms with Crippen molar-refractivity contribution in [1.82, 2.24) is 0 Å². The number of unbranched alkanes of at least 4 members (excludes halogenated alkanes) is 1. The molecule has 1 saturated heterocycles. The lowest BCUT2D eigenvalue weighted by atomic mass is 10.0. The molecule has 0 saturated carbocycles. The van der Waals surface area contributed by atoms with E-state index in [4.69, 9.17) is 14.2 Å². The predicted molar refractivity (Wildman–Crippen MR) is 87.5 cm³/mol. The van der Waals surface area contributed by atoms with Crippen molar-refractivity contribution in [3.05, 3.63) is 23.8 Å². The van der Waals surface area contributed by atoms with Crippen molar-refractivity contribution in [3.63, 3.8) is 0 Å². The van der Waals surface area contributed by atoms with Gasteiger partial charge >= 0.3 is 0 Å². The normalized spacial score (nSPS) is 22.3. The van der Waals surface area contributed by atoms with Crippen LogP contribution < -0.4 is 0 Å². The van der Waals surface area contributed by atoms with E-state index in [2.05, 4.69) is 13.8 Å². The van der Waals surface area contributed by atoms with Gasteiger partial charge in [0, 0.05) is 12.2 Å². The number of phenolic OH excluding ortho intramolecular Hbond substituents is 2. The van der Waals surface area contributed by atoms with E-state index in [0.29, 0.717) is 24.7 Å². The smallest absolute Gasteiger partial charge is 0.184 e. The van der Waals surface area contributed by atoms with Crippen LogP contribution in [-0.2, 0) is 14.2 Å². The van der Waals surface area contributed by atoms with Crippen molar-refractivity contribution >= 4 is 0 Å². The highest BCUT2D eigenvalue weighted by atomic mass is 16.7. The zero-order valence-electron chi connectivity index (χ0n) is 14.0. The summed E-state index contributed by atoms with van der Waals surface area (Å²) < 4.78 is 17.2. The zero-order chi connectivity index (χ0) is 16.7. The Balaban J connectivity index is 1.73. The Morgan fingerprint density at radius 3 is 2.78 bits per heavy atom. The summed E-state index contributed by atoms with van der Waals surface area (Å²) in [6.45, 7) is 6.16. The minimum absolute atomic E-state index is 0.0976. The molecular weight excluding hydrogens is 296 g/mol. The van der Waals surface area contributed by atoms with E-state index in [1.165, 1.54) is 31.4 Å². The van der Waals surface area contributed by atoms with Gasteiger partial charge < -0.3 is 24.4 Å². The molecule has 0 aromatic heterocycles. The first kappa shape index (κ1) is 18.0. The Labute approximate surface area is 138 Å². The molecule has 0 aliphatic carbocycles. The summed E-state index contributed by atoms with van der Waals surface area (Å²) in [6, 6.07) is 4.57. The molecule has 5 heteroatoms. The molecule has 1 aromatic rings. The Bertz CT molecular complexity index is 476. The van der Waals surface area contributed by atoms with Gasteiger partial charge in [0.2, 0.25) is 0 Å². The Morgan fingerprint density at radius 2 is 2.09 bits per heavy atom. The number of ether oxygens (including phenoxy) is 3. The van der Waals surface area contributed by atoms with Crippen LogP contribution >= 0.6 is 0 Å². The first-order valence-electron chi connectivity index (χ1n) is 8.50. The molecule has 0 amide bonds. The first-order valence-corrected chi connectivity index (χ1v) is 8.50. The summed E-state index contributed by atoms with van der Waals surface area (Å²) in [6.07, 6.45) is 4.20. The van der Waals surface area contributed by atoms with Gasteiger partial charge in [-0.25, -0.2) is 0 Å². The number of hydrogen-bond acceptors (Lipinski definition) is 5. The highest BCUT2D eigenvalue weighted by Gasteiger charge is 2.28. The van der Waals surface area contributed by atoms with Crippen LogP contribution in [0.2, 0.25) is 0 Å². The lowest BCUT2D eigenvalue weighted by molar-refractivity contribution is -0.0759. The largest absolute Gasteiger partial charge is 0.504 e. The number of phenols is 2. The van der Waals surface area contributed by atoms with Gasteiger partial charge in [-0.2, -0.15) is 0 Å². The van der Waals surface area contributed by atoms with Crippen LogP contribution in [0.3, 0.4) is 0 Å². The predicted octanol–water partition coefficient (Wildman–Crippen LogP) is 3.74. The Kier molecular flexibility index (Phi) is 7.15. The molecule has 130 valence electrons. The van der Waals surface area contributed by atoms with E-state index in [-0.39, 0.29) is 17.6 Å².